The van der Waals surface area contributed by atoms with Crippen LogP contribution in [0, 0.1) is 11.7 Å². The van der Waals surface area contributed by atoms with Gasteiger partial charge in [-0.2, -0.15) is 5.10 Å². The lowest BCUT2D eigenvalue weighted by Crippen LogP contribution is -2.50. The summed E-state index contributed by atoms with van der Waals surface area (Å²) in [6.07, 6.45) is 2.47. The van der Waals surface area contributed by atoms with Crippen LogP contribution in [-0.2, 0) is 11.8 Å². The minimum absolute atomic E-state index is 0.0592. The van der Waals surface area contributed by atoms with E-state index in [9.17, 15) is 14.4 Å². The van der Waals surface area contributed by atoms with Crippen LogP contribution in [0.15, 0.2) is 24.3 Å². The molecule has 0 atom stereocenters. The van der Waals surface area contributed by atoms with E-state index in [0.717, 1.165) is 32.4 Å². The second-order valence-corrected chi connectivity index (χ2v) is 12.6. The summed E-state index contributed by atoms with van der Waals surface area (Å²) in [4.78, 5) is 43.1. The molecule has 3 amide bonds. The summed E-state index contributed by atoms with van der Waals surface area (Å²) in [5.41, 5.74) is 1.30. The van der Waals surface area contributed by atoms with Crippen molar-refractivity contribution in [2.75, 3.05) is 51.0 Å². The number of aromatic nitrogens is 4. The largest absolute Gasteiger partial charge is 0.494 e. The summed E-state index contributed by atoms with van der Waals surface area (Å²) in [6, 6.07) is 5.60. The van der Waals surface area contributed by atoms with Crippen LogP contribution in [0.1, 0.15) is 40.2 Å². The van der Waals surface area contributed by atoms with Crippen LogP contribution in [0.25, 0.3) is 11.3 Å². The summed E-state index contributed by atoms with van der Waals surface area (Å²) >= 11 is 0. The number of halogens is 1. The van der Waals surface area contributed by atoms with Crippen LogP contribution in [0.4, 0.5) is 21.6 Å². The highest BCUT2D eigenvalue weighted by molar-refractivity contribution is 6.60. The molecule has 0 spiro atoms. The molecule has 3 aromatic rings. The van der Waals surface area contributed by atoms with E-state index in [4.69, 9.17) is 4.74 Å². The Morgan fingerprint density at radius 1 is 1.00 bits per heavy atom. The molecule has 0 radical (unpaired) electrons. The van der Waals surface area contributed by atoms with Crippen LogP contribution in [-0.4, -0.2) is 117 Å². The monoisotopic (exact) mass is 615 g/mol. The van der Waals surface area contributed by atoms with Crippen molar-refractivity contribution in [3.63, 3.8) is 0 Å². The molecular weight excluding hydrogens is 578 g/mol. The van der Waals surface area contributed by atoms with Crippen molar-refractivity contribution >= 4 is 58.5 Å². The van der Waals surface area contributed by atoms with Gasteiger partial charge in [0.2, 0.25) is 5.91 Å². The van der Waals surface area contributed by atoms with E-state index in [-0.39, 0.29) is 46.4 Å². The predicted octanol–water partition coefficient (Wildman–Crippen LogP) is -0.865. The molecule has 1 saturated carbocycles. The molecule has 17 heteroatoms. The summed E-state index contributed by atoms with van der Waals surface area (Å²) < 4.78 is 22.5. The molecule has 1 aliphatic carbocycles. The fourth-order valence-corrected chi connectivity index (χ4v) is 5.14. The van der Waals surface area contributed by atoms with Crippen molar-refractivity contribution in [3.05, 3.63) is 41.5 Å². The number of carbonyl (C=O) groups is 3. The summed E-state index contributed by atoms with van der Waals surface area (Å²) in [5.74, 6) is -1.15. The second-order valence-electron chi connectivity index (χ2n) is 12.6. The molecule has 3 heterocycles. The molecule has 45 heavy (non-hydrogen) atoms. The summed E-state index contributed by atoms with van der Waals surface area (Å²) in [6.45, 7) is 2.92. The smallest absolute Gasteiger partial charge is 0.272 e. The molecule has 1 saturated heterocycles. The number of likely N-dealkylation sites (N-methyl/N-ethyl adjacent to an activating group) is 1. The normalized spacial score (nSPS) is 15.7. The number of nitrogens with one attached hydrogen (secondary N) is 3. The highest BCUT2D eigenvalue weighted by Crippen LogP contribution is 2.39. The Morgan fingerprint density at radius 2 is 1.76 bits per heavy atom. The van der Waals surface area contributed by atoms with Gasteiger partial charge in [-0.1, -0.05) is 0 Å². The quantitative estimate of drug-likeness (QED) is 0.262. The molecule has 2 aromatic heterocycles. The van der Waals surface area contributed by atoms with Crippen LogP contribution < -0.4 is 20.7 Å². The number of amides is 3. The molecule has 5 rings (SSSR count). The van der Waals surface area contributed by atoms with E-state index in [1.807, 2.05) is 30.6 Å². The first-order chi connectivity index (χ1) is 21.3. The minimum Gasteiger partial charge on any atom is -0.494 e. The Hall–Kier alpha value is -4.40. The number of hydrogen-bond acceptors (Lipinski definition) is 9. The maximum absolute atomic E-state index is 15.2. The average Bonchev–Trinajstić information content (AvgIpc) is 3.77. The van der Waals surface area contributed by atoms with E-state index in [1.54, 1.807) is 18.0 Å². The SMILES string of the molecule is BC(B)(B)NC(=O)c1nnc(NC(=O)C2CC2)cc1Nc1cc(F)cc(-c2cc(C(=O)N3CCCN(C)CC3)n(C)n2)c1OC. The van der Waals surface area contributed by atoms with Crippen LogP contribution in [0.5, 0.6) is 5.75 Å². The fraction of sp³-hybridized carbons (Fsp3) is 0.429. The van der Waals surface area contributed by atoms with Gasteiger partial charge in [-0.05, 0) is 50.2 Å². The van der Waals surface area contributed by atoms with Crippen molar-refractivity contribution in [3.8, 4) is 17.0 Å². The zero-order chi connectivity index (χ0) is 32.5. The number of nitrogens with zero attached hydrogens (tertiary/aromatic N) is 6. The van der Waals surface area contributed by atoms with E-state index in [2.05, 4.69) is 36.1 Å². The predicted molar refractivity (Wildman–Crippen MR) is 176 cm³/mol. The van der Waals surface area contributed by atoms with Crippen molar-refractivity contribution < 1.29 is 23.5 Å². The lowest BCUT2D eigenvalue weighted by atomic mass is 9.49. The fourth-order valence-electron chi connectivity index (χ4n) is 5.14. The van der Waals surface area contributed by atoms with E-state index in [1.165, 1.54) is 30.0 Å². The Bertz CT molecular complexity index is 1630. The molecule has 0 unspecified atom stereocenters. The zero-order valence-electron chi connectivity index (χ0n) is 26.5. The molecule has 1 aromatic carbocycles. The first-order valence-electron chi connectivity index (χ1n) is 15.0. The molecule has 1 aliphatic heterocycles. The number of aryl methyl sites for hydroxylation is 1. The van der Waals surface area contributed by atoms with Crippen LogP contribution in [0.2, 0.25) is 0 Å². The van der Waals surface area contributed by atoms with Gasteiger partial charge in [0.1, 0.15) is 35.0 Å². The van der Waals surface area contributed by atoms with E-state index < -0.39 is 17.0 Å². The number of benzene rings is 1. The Labute approximate surface area is 263 Å². The summed E-state index contributed by atoms with van der Waals surface area (Å²) in [5, 5.41) is 20.8. The van der Waals surface area contributed by atoms with Gasteiger partial charge in [0, 0.05) is 50.3 Å². The van der Waals surface area contributed by atoms with Crippen molar-refractivity contribution in [1.82, 2.24) is 35.1 Å². The van der Waals surface area contributed by atoms with Gasteiger partial charge in [-0.25, -0.2) is 4.39 Å². The Morgan fingerprint density at radius 3 is 2.44 bits per heavy atom. The second kappa shape index (κ2) is 12.9. The number of rotatable bonds is 9. The van der Waals surface area contributed by atoms with E-state index in [0.29, 0.717) is 30.0 Å². The number of anilines is 3. The lowest BCUT2D eigenvalue weighted by molar-refractivity contribution is -0.117. The summed E-state index contributed by atoms with van der Waals surface area (Å²) in [7, 11) is 10.6. The maximum atomic E-state index is 15.2. The van der Waals surface area contributed by atoms with Crippen molar-refractivity contribution in [1.29, 1.82) is 0 Å². The van der Waals surface area contributed by atoms with Crippen molar-refractivity contribution in [2.24, 2.45) is 13.0 Å². The molecular formula is C28H37B3FN9O4. The first kappa shape index (κ1) is 32.0. The average molecular weight is 615 g/mol. The molecule has 0 bridgehead atoms. The number of ether oxygens (including phenoxy) is 1. The highest BCUT2D eigenvalue weighted by Gasteiger charge is 2.31. The number of methoxy groups -OCH3 is 1. The highest BCUT2D eigenvalue weighted by atomic mass is 19.1. The lowest BCUT2D eigenvalue weighted by Gasteiger charge is -2.22. The van der Waals surface area contributed by atoms with Gasteiger partial charge < -0.3 is 30.5 Å². The number of carbonyl (C=O) groups excluding carboxylic acids is 3. The minimum atomic E-state index is -0.604. The third-order valence-corrected chi connectivity index (χ3v) is 7.61. The molecule has 2 aliphatic rings. The van der Waals surface area contributed by atoms with Gasteiger partial charge in [0.15, 0.2) is 17.3 Å². The van der Waals surface area contributed by atoms with Crippen LogP contribution in [0.3, 0.4) is 0 Å². The topological polar surface area (TPSA) is 147 Å². The van der Waals surface area contributed by atoms with Gasteiger partial charge in [-0.3, -0.25) is 19.1 Å². The third kappa shape index (κ3) is 7.64. The third-order valence-electron chi connectivity index (χ3n) is 7.61. The van der Waals surface area contributed by atoms with Gasteiger partial charge in [0.25, 0.3) is 11.8 Å². The zero-order valence-corrected chi connectivity index (χ0v) is 26.5. The molecule has 13 nitrogen and oxygen atoms in total. The van der Waals surface area contributed by atoms with Crippen molar-refractivity contribution in [2.45, 2.75) is 24.5 Å². The van der Waals surface area contributed by atoms with Gasteiger partial charge in [-0.15, -0.1) is 10.2 Å². The molecule has 3 N–H and O–H groups in total. The standard InChI is InChI=1S/C28H37B3FN9O4/c1-39-7-4-8-41(10-9-39)27(44)21-13-18(38-40(21)2)17-11-16(32)12-20(24(17)45-3)33-19-14-22(34-25(42)15-5-6-15)36-37-23(19)26(43)35-28(29,30)31/h11-15H,4-10,29-31H2,1-3H3,(H,35,43)(H2,33,34,36,42). The Kier molecular flexibility index (Phi) is 9.19. The Balaban J connectivity index is 1.50. The maximum Gasteiger partial charge on any atom is 0.272 e. The first-order valence-corrected chi connectivity index (χ1v) is 15.0. The van der Waals surface area contributed by atoms with Gasteiger partial charge in [0.05, 0.1) is 24.2 Å². The van der Waals surface area contributed by atoms with Crippen LogP contribution >= 0.6 is 0 Å². The molecule has 234 valence electrons. The van der Waals surface area contributed by atoms with Gasteiger partial charge >= 0.3 is 0 Å². The van der Waals surface area contributed by atoms with E-state index >= 15 is 4.39 Å². The molecule has 2 fully saturated rings. The number of hydrogen-bond donors (Lipinski definition) is 3.